The van der Waals surface area contributed by atoms with Crippen molar-refractivity contribution in [2.45, 2.75) is 4.90 Å². The Morgan fingerprint density at radius 1 is 1.21 bits per heavy atom. The topological polar surface area (TPSA) is 88.2 Å². The number of hydrogen-bond acceptors (Lipinski definition) is 5. The van der Waals surface area contributed by atoms with Crippen molar-refractivity contribution in [1.82, 2.24) is 9.71 Å². The number of nitrogens with one attached hydrogen (secondary N) is 2. The maximum atomic E-state index is 12.2. The van der Waals surface area contributed by atoms with Crippen molar-refractivity contribution in [2.24, 2.45) is 0 Å². The number of sulfonamides is 1. The Balaban J connectivity index is 1.91. The predicted molar refractivity (Wildman–Crippen MR) is 95.3 cm³/mol. The molecule has 24 heavy (non-hydrogen) atoms. The van der Waals surface area contributed by atoms with Crippen LogP contribution >= 0.6 is 22.9 Å². The van der Waals surface area contributed by atoms with Gasteiger partial charge in [0, 0.05) is 0 Å². The minimum absolute atomic E-state index is 0.144. The number of thiazole rings is 1. The fourth-order valence-electron chi connectivity index (χ4n) is 2.05. The van der Waals surface area contributed by atoms with Gasteiger partial charge in [-0.3, -0.25) is 10.1 Å². The first-order valence-corrected chi connectivity index (χ1v) is 9.48. The van der Waals surface area contributed by atoms with Crippen LogP contribution in [0.3, 0.4) is 0 Å². The van der Waals surface area contributed by atoms with Gasteiger partial charge in [0.25, 0.3) is 5.91 Å². The third kappa shape index (κ3) is 3.27. The minimum atomic E-state index is -3.53. The van der Waals surface area contributed by atoms with E-state index in [4.69, 9.17) is 11.6 Å². The molecule has 0 fully saturated rings. The molecule has 1 heterocycles. The van der Waals surface area contributed by atoms with Crippen LogP contribution in [-0.2, 0) is 10.0 Å². The summed E-state index contributed by atoms with van der Waals surface area (Å²) in [4.78, 5) is 16.7. The number of benzene rings is 2. The second kappa shape index (κ2) is 6.48. The molecule has 3 aromatic rings. The lowest BCUT2D eigenvalue weighted by Crippen LogP contribution is -2.18. The van der Waals surface area contributed by atoms with Gasteiger partial charge in [-0.1, -0.05) is 35.1 Å². The molecule has 124 valence electrons. The van der Waals surface area contributed by atoms with Crippen LogP contribution in [0.4, 0.5) is 5.13 Å². The van der Waals surface area contributed by atoms with E-state index in [0.29, 0.717) is 25.9 Å². The van der Waals surface area contributed by atoms with E-state index in [9.17, 15) is 13.2 Å². The van der Waals surface area contributed by atoms with E-state index in [1.807, 2.05) is 0 Å². The SMILES string of the molecule is CNS(=O)(=O)c1ccc2nc(NC(=O)c3ccccc3Cl)sc2c1. The van der Waals surface area contributed by atoms with E-state index < -0.39 is 10.0 Å². The van der Waals surface area contributed by atoms with Crippen LogP contribution in [0, 0.1) is 0 Å². The Labute approximate surface area is 147 Å². The third-order valence-electron chi connectivity index (χ3n) is 3.28. The summed E-state index contributed by atoms with van der Waals surface area (Å²) in [7, 11) is -2.18. The monoisotopic (exact) mass is 381 g/mol. The smallest absolute Gasteiger partial charge is 0.258 e. The molecule has 0 saturated heterocycles. The molecule has 0 aliphatic rings. The van der Waals surface area contributed by atoms with E-state index in [2.05, 4.69) is 15.0 Å². The van der Waals surface area contributed by atoms with Crippen molar-refractivity contribution in [2.75, 3.05) is 12.4 Å². The van der Waals surface area contributed by atoms with Gasteiger partial charge in [-0.25, -0.2) is 18.1 Å². The maximum Gasteiger partial charge on any atom is 0.258 e. The molecule has 0 radical (unpaired) electrons. The number of fused-ring (bicyclic) bond motifs is 1. The number of carbonyl (C=O) groups excluding carboxylic acids is 1. The molecular weight excluding hydrogens is 370 g/mol. The number of carbonyl (C=O) groups is 1. The van der Waals surface area contributed by atoms with Gasteiger partial charge in [-0.2, -0.15) is 0 Å². The van der Waals surface area contributed by atoms with Gasteiger partial charge in [-0.15, -0.1) is 0 Å². The van der Waals surface area contributed by atoms with Crippen LogP contribution < -0.4 is 10.0 Å². The lowest BCUT2D eigenvalue weighted by Gasteiger charge is -2.02. The summed E-state index contributed by atoms with van der Waals surface area (Å²) in [6.07, 6.45) is 0. The summed E-state index contributed by atoms with van der Waals surface area (Å²) < 4.78 is 26.6. The molecule has 0 saturated carbocycles. The molecule has 0 spiro atoms. The summed E-state index contributed by atoms with van der Waals surface area (Å²) in [6.45, 7) is 0. The first-order chi connectivity index (χ1) is 11.4. The lowest BCUT2D eigenvalue weighted by atomic mass is 10.2. The molecule has 0 aliphatic heterocycles. The van der Waals surface area contributed by atoms with E-state index in [-0.39, 0.29) is 10.8 Å². The van der Waals surface area contributed by atoms with Gasteiger partial charge < -0.3 is 0 Å². The Hall–Kier alpha value is -2.00. The standard InChI is InChI=1S/C15H12ClN3O3S2/c1-17-24(21,22)9-6-7-12-13(8-9)23-15(18-12)19-14(20)10-4-2-3-5-11(10)16/h2-8,17H,1H3,(H,18,19,20). The number of halogens is 1. The van der Waals surface area contributed by atoms with Gasteiger partial charge in [-0.05, 0) is 37.4 Å². The van der Waals surface area contributed by atoms with Crippen molar-refractivity contribution in [3.8, 4) is 0 Å². The van der Waals surface area contributed by atoms with Crippen molar-refractivity contribution in [1.29, 1.82) is 0 Å². The highest BCUT2D eigenvalue weighted by Gasteiger charge is 2.15. The molecule has 3 rings (SSSR count). The second-order valence-electron chi connectivity index (χ2n) is 4.79. The summed E-state index contributed by atoms with van der Waals surface area (Å²) in [5.41, 5.74) is 0.946. The Morgan fingerprint density at radius 2 is 1.96 bits per heavy atom. The summed E-state index contributed by atoms with van der Waals surface area (Å²) in [6, 6.07) is 11.3. The summed E-state index contributed by atoms with van der Waals surface area (Å²) in [5.74, 6) is -0.372. The average molecular weight is 382 g/mol. The molecule has 0 aliphatic carbocycles. The molecule has 6 nitrogen and oxygen atoms in total. The first-order valence-electron chi connectivity index (χ1n) is 6.81. The van der Waals surface area contributed by atoms with Crippen LogP contribution in [0.2, 0.25) is 5.02 Å². The number of nitrogens with zero attached hydrogens (tertiary/aromatic N) is 1. The zero-order valence-electron chi connectivity index (χ0n) is 12.4. The Bertz CT molecular complexity index is 1030. The molecule has 0 bridgehead atoms. The number of hydrogen-bond donors (Lipinski definition) is 2. The number of aromatic nitrogens is 1. The van der Waals surface area contributed by atoms with E-state index >= 15 is 0 Å². The van der Waals surface area contributed by atoms with Gasteiger partial charge in [0.2, 0.25) is 10.0 Å². The molecule has 2 N–H and O–H groups in total. The van der Waals surface area contributed by atoms with E-state index in [0.717, 1.165) is 0 Å². The Kier molecular flexibility index (Phi) is 4.55. The summed E-state index contributed by atoms with van der Waals surface area (Å²) in [5, 5.41) is 3.39. The maximum absolute atomic E-state index is 12.2. The van der Waals surface area contributed by atoms with Crippen LogP contribution in [-0.4, -0.2) is 26.4 Å². The van der Waals surface area contributed by atoms with Crippen molar-refractivity contribution >= 4 is 54.2 Å². The van der Waals surface area contributed by atoms with Crippen LogP contribution in [0.25, 0.3) is 10.2 Å². The van der Waals surface area contributed by atoms with Crippen LogP contribution in [0.15, 0.2) is 47.4 Å². The largest absolute Gasteiger partial charge is 0.298 e. The molecule has 0 atom stereocenters. The van der Waals surface area contributed by atoms with Crippen molar-refractivity contribution < 1.29 is 13.2 Å². The highest BCUT2D eigenvalue weighted by Crippen LogP contribution is 2.28. The molecule has 2 aromatic carbocycles. The van der Waals surface area contributed by atoms with Crippen LogP contribution in [0.5, 0.6) is 0 Å². The van der Waals surface area contributed by atoms with Gasteiger partial charge in [0.15, 0.2) is 5.13 Å². The molecule has 9 heteroatoms. The summed E-state index contributed by atoms with van der Waals surface area (Å²) >= 11 is 7.19. The lowest BCUT2D eigenvalue weighted by molar-refractivity contribution is 0.102. The quantitative estimate of drug-likeness (QED) is 0.726. The Morgan fingerprint density at radius 3 is 2.67 bits per heavy atom. The highest BCUT2D eigenvalue weighted by molar-refractivity contribution is 7.89. The fourth-order valence-corrected chi connectivity index (χ4v) is 4.01. The average Bonchev–Trinajstić information content (AvgIpc) is 2.96. The van der Waals surface area contributed by atoms with Gasteiger partial charge >= 0.3 is 0 Å². The van der Waals surface area contributed by atoms with Crippen molar-refractivity contribution in [3.05, 3.63) is 53.1 Å². The fraction of sp³-hybridized carbons (Fsp3) is 0.0667. The minimum Gasteiger partial charge on any atom is -0.298 e. The van der Waals surface area contributed by atoms with E-state index in [1.54, 1.807) is 30.3 Å². The number of anilines is 1. The predicted octanol–water partition coefficient (Wildman–Crippen LogP) is 3.11. The number of amides is 1. The molecule has 1 amide bonds. The normalized spacial score (nSPS) is 11.6. The van der Waals surface area contributed by atoms with E-state index in [1.165, 1.54) is 30.5 Å². The molecule has 0 unspecified atom stereocenters. The van der Waals surface area contributed by atoms with Gasteiger partial charge in [0.05, 0.1) is 25.7 Å². The van der Waals surface area contributed by atoms with Crippen molar-refractivity contribution in [3.63, 3.8) is 0 Å². The third-order valence-corrected chi connectivity index (χ3v) is 5.95. The highest BCUT2D eigenvalue weighted by atomic mass is 35.5. The van der Waals surface area contributed by atoms with Crippen LogP contribution in [0.1, 0.15) is 10.4 Å². The first kappa shape index (κ1) is 16.8. The molecule has 1 aromatic heterocycles. The van der Waals surface area contributed by atoms with Gasteiger partial charge in [0.1, 0.15) is 0 Å². The number of rotatable bonds is 4. The molecular formula is C15H12ClN3O3S2. The zero-order valence-corrected chi connectivity index (χ0v) is 14.8. The second-order valence-corrected chi connectivity index (χ2v) is 8.11. The zero-order chi connectivity index (χ0) is 17.3.